The van der Waals surface area contributed by atoms with Crippen molar-refractivity contribution < 1.29 is 19.4 Å². The SMILES string of the molecule is C=CCOC(=O)N1CC2(CC(=O)O)CCC1C2. The molecule has 5 nitrogen and oxygen atoms in total. The minimum atomic E-state index is -0.785. The lowest BCUT2D eigenvalue weighted by Gasteiger charge is -2.30. The van der Waals surface area contributed by atoms with E-state index >= 15 is 0 Å². The van der Waals surface area contributed by atoms with Crippen LogP contribution in [0.25, 0.3) is 0 Å². The van der Waals surface area contributed by atoms with Gasteiger partial charge in [-0.1, -0.05) is 12.7 Å². The molecule has 1 aliphatic carbocycles. The van der Waals surface area contributed by atoms with Crippen LogP contribution in [0.2, 0.25) is 0 Å². The highest BCUT2D eigenvalue weighted by molar-refractivity contribution is 5.71. The van der Waals surface area contributed by atoms with E-state index < -0.39 is 5.97 Å². The quantitative estimate of drug-likeness (QED) is 0.757. The van der Waals surface area contributed by atoms with Crippen LogP contribution in [0.15, 0.2) is 12.7 Å². The molecule has 0 aromatic heterocycles. The minimum Gasteiger partial charge on any atom is -0.481 e. The van der Waals surface area contributed by atoms with Gasteiger partial charge in [0.15, 0.2) is 0 Å². The van der Waals surface area contributed by atoms with Gasteiger partial charge in [-0.25, -0.2) is 4.79 Å². The molecule has 5 heteroatoms. The highest BCUT2D eigenvalue weighted by Gasteiger charge is 2.52. The number of nitrogens with zero attached hydrogens (tertiary/aromatic N) is 1. The lowest BCUT2D eigenvalue weighted by molar-refractivity contribution is -0.139. The average Bonchev–Trinajstić information content (AvgIpc) is 2.81. The standard InChI is InChI=1S/C12H17NO4/c1-2-5-17-11(16)13-8-12(7-10(14)15)4-3-9(13)6-12/h2,9H,1,3-8H2,(H,14,15). The first-order valence-corrected chi connectivity index (χ1v) is 5.82. The van der Waals surface area contributed by atoms with Crippen molar-refractivity contribution in [3.63, 3.8) is 0 Å². The largest absolute Gasteiger partial charge is 0.481 e. The van der Waals surface area contributed by atoms with Gasteiger partial charge in [-0.15, -0.1) is 0 Å². The van der Waals surface area contributed by atoms with Crippen molar-refractivity contribution in [2.75, 3.05) is 13.2 Å². The Morgan fingerprint density at radius 3 is 3.00 bits per heavy atom. The van der Waals surface area contributed by atoms with Gasteiger partial charge in [-0.3, -0.25) is 4.79 Å². The Bertz CT molecular complexity index is 354. The minimum absolute atomic E-state index is 0.148. The van der Waals surface area contributed by atoms with Crippen LogP contribution >= 0.6 is 0 Å². The van der Waals surface area contributed by atoms with Crippen LogP contribution < -0.4 is 0 Å². The summed E-state index contributed by atoms with van der Waals surface area (Å²) in [5.74, 6) is -0.785. The number of ether oxygens (including phenoxy) is 1. The maximum atomic E-state index is 11.7. The zero-order chi connectivity index (χ0) is 12.5. The van der Waals surface area contributed by atoms with E-state index in [1.54, 1.807) is 4.90 Å². The topological polar surface area (TPSA) is 66.8 Å². The maximum Gasteiger partial charge on any atom is 0.410 e. The van der Waals surface area contributed by atoms with Crippen LogP contribution in [0.5, 0.6) is 0 Å². The molecule has 2 fully saturated rings. The van der Waals surface area contributed by atoms with Crippen molar-refractivity contribution in [1.29, 1.82) is 0 Å². The summed E-state index contributed by atoms with van der Waals surface area (Å²) >= 11 is 0. The van der Waals surface area contributed by atoms with Gasteiger partial charge in [-0.05, 0) is 19.3 Å². The molecule has 1 aliphatic heterocycles. The summed E-state index contributed by atoms with van der Waals surface area (Å²) in [5, 5.41) is 8.91. The summed E-state index contributed by atoms with van der Waals surface area (Å²) in [7, 11) is 0. The number of hydrogen-bond donors (Lipinski definition) is 1. The maximum absolute atomic E-state index is 11.7. The van der Waals surface area contributed by atoms with E-state index in [4.69, 9.17) is 9.84 Å². The number of carbonyl (C=O) groups excluding carboxylic acids is 1. The molecule has 0 spiro atoms. The number of likely N-dealkylation sites (tertiary alicyclic amines) is 1. The zero-order valence-electron chi connectivity index (χ0n) is 9.72. The number of carbonyl (C=O) groups is 2. The molecule has 0 aromatic carbocycles. The molecule has 1 N–H and O–H groups in total. The highest BCUT2D eigenvalue weighted by Crippen LogP contribution is 2.50. The van der Waals surface area contributed by atoms with Crippen LogP contribution in [0, 0.1) is 5.41 Å². The van der Waals surface area contributed by atoms with Crippen LogP contribution in [-0.4, -0.2) is 41.3 Å². The van der Waals surface area contributed by atoms with Crippen molar-refractivity contribution in [3.05, 3.63) is 12.7 Å². The van der Waals surface area contributed by atoms with E-state index in [9.17, 15) is 9.59 Å². The highest BCUT2D eigenvalue weighted by atomic mass is 16.6. The molecule has 1 amide bonds. The van der Waals surface area contributed by atoms with Crippen LogP contribution in [0.1, 0.15) is 25.7 Å². The van der Waals surface area contributed by atoms with Gasteiger partial charge in [0.25, 0.3) is 0 Å². The first-order valence-electron chi connectivity index (χ1n) is 5.82. The fourth-order valence-corrected chi connectivity index (χ4v) is 3.04. The fraction of sp³-hybridized carbons (Fsp3) is 0.667. The van der Waals surface area contributed by atoms with E-state index in [0.717, 1.165) is 19.3 Å². The number of fused-ring (bicyclic) bond motifs is 2. The Morgan fingerprint density at radius 1 is 1.59 bits per heavy atom. The molecular weight excluding hydrogens is 222 g/mol. The first kappa shape index (κ1) is 12.0. The van der Waals surface area contributed by atoms with Crippen molar-refractivity contribution in [3.8, 4) is 0 Å². The monoisotopic (exact) mass is 239 g/mol. The van der Waals surface area contributed by atoms with Gasteiger partial charge in [0.2, 0.25) is 0 Å². The molecule has 1 heterocycles. The van der Waals surface area contributed by atoms with E-state index in [2.05, 4.69) is 6.58 Å². The number of rotatable bonds is 4. The van der Waals surface area contributed by atoms with Crippen molar-refractivity contribution in [1.82, 2.24) is 4.90 Å². The van der Waals surface area contributed by atoms with Gasteiger partial charge in [0, 0.05) is 18.0 Å². The van der Waals surface area contributed by atoms with Gasteiger partial charge < -0.3 is 14.7 Å². The van der Waals surface area contributed by atoms with Gasteiger partial charge in [0.05, 0.1) is 6.42 Å². The third-order valence-corrected chi connectivity index (χ3v) is 3.71. The Kier molecular flexibility index (Phi) is 3.09. The van der Waals surface area contributed by atoms with E-state index in [-0.39, 0.29) is 30.6 Å². The molecule has 1 saturated heterocycles. The van der Waals surface area contributed by atoms with E-state index in [0.29, 0.717) is 6.54 Å². The Balaban J connectivity index is 1.98. The predicted molar refractivity (Wildman–Crippen MR) is 60.6 cm³/mol. The average molecular weight is 239 g/mol. The van der Waals surface area contributed by atoms with Crippen LogP contribution in [-0.2, 0) is 9.53 Å². The predicted octanol–water partition coefficient (Wildman–Crippen LogP) is 1.64. The third-order valence-electron chi connectivity index (χ3n) is 3.71. The molecule has 2 unspecified atom stereocenters. The van der Waals surface area contributed by atoms with Gasteiger partial charge in [-0.2, -0.15) is 0 Å². The summed E-state index contributed by atoms with van der Waals surface area (Å²) in [5.41, 5.74) is -0.219. The molecule has 0 aromatic rings. The number of carboxylic acids is 1. The van der Waals surface area contributed by atoms with Crippen molar-refractivity contribution >= 4 is 12.1 Å². The molecule has 2 aliphatic rings. The zero-order valence-corrected chi connectivity index (χ0v) is 9.72. The molecule has 2 bridgehead atoms. The van der Waals surface area contributed by atoms with Crippen LogP contribution in [0.3, 0.4) is 0 Å². The number of hydrogen-bond acceptors (Lipinski definition) is 3. The molecular formula is C12H17NO4. The molecule has 1 saturated carbocycles. The lowest BCUT2D eigenvalue weighted by atomic mass is 9.84. The molecule has 2 rings (SSSR count). The summed E-state index contributed by atoms with van der Waals surface area (Å²) in [4.78, 5) is 24.2. The van der Waals surface area contributed by atoms with E-state index in [1.165, 1.54) is 6.08 Å². The molecule has 2 atom stereocenters. The Morgan fingerprint density at radius 2 is 2.35 bits per heavy atom. The lowest BCUT2D eigenvalue weighted by Crippen LogP contribution is -2.40. The van der Waals surface area contributed by atoms with Crippen molar-refractivity contribution in [2.45, 2.75) is 31.7 Å². The van der Waals surface area contributed by atoms with E-state index in [1.807, 2.05) is 0 Å². The number of aliphatic carboxylic acids is 1. The first-order chi connectivity index (χ1) is 8.06. The van der Waals surface area contributed by atoms with Crippen LogP contribution in [0.4, 0.5) is 4.79 Å². The van der Waals surface area contributed by atoms with Gasteiger partial charge >= 0.3 is 12.1 Å². The summed E-state index contributed by atoms with van der Waals surface area (Å²) in [6.45, 7) is 4.20. The summed E-state index contributed by atoms with van der Waals surface area (Å²) < 4.78 is 5.00. The summed E-state index contributed by atoms with van der Waals surface area (Å²) in [6, 6.07) is 0.159. The third kappa shape index (κ3) is 2.28. The summed E-state index contributed by atoms with van der Waals surface area (Å²) in [6.07, 6.45) is 3.91. The second kappa shape index (κ2) is 4.39. The second-order valence-electron chi connectivity index (χ2n) is 4.96. The number of carboxylic acid groups (broad SMARTS) is 1. The Labute approximate surface area is 100 Å². The molecule has 94 valence electrons. The number of amides is 1. The normalized spacial score (nSPS) is 30.4. The van der Waals surface area contributed by atoms with Gasteiger partial charge in [0.1, 0.15) is 6.61 Å². The number of piperidine rings is 1. The fourth-order valence-electron chi connectivity index (χ4n) is 3.04. The second-order valence-corrected chi connectivity index (χ2v) is 4.96. The van der Waals surface area contributed by atoms with Crippen molar-refractivity contribution in [2.24, 2.45) is 5.41 Å². The Hall–Kier alpha value is -1.52. The molecule has 17 heavy (non-hydrogen) atoms. The molecule has 0 radical (unpaired) electrons. The smallest absolute Gasteiger partial charge is 0.410 e.